The molecule has 1 aromatic carbocycles. The predicted molar refractivity (Wildman–Crippen MR) is 82.4 cm³/mol. The van der Waals surface area contributed by atoms with Gasteiger partial charge < -0.3 is 10.6 Å². The van der Waals surface area contributed by atoms with Gasteiger partial charge in [-0.25, -0.2) is 0 Å². The van der Waals surface area contributed by atoms with Gasteiger partial charge in [-0.05, 0) is 49.1 Å². The molecule has 0 radical (unpaired) electrons. The van der Waals surface area contributed by atoms with E-state index in [4.69, 9.17) is 0 Å². The van der Waals surface area contributed by atoms with Gasteiger partial charge in [-0.3, -0.25) is 4.79 Å². The van der Waals surface area contributed by atoms with Crippen LogP contribution in [0.2, 0.25) is 0 Å². The van der Waals surface area contributed by atoms with Gasteiger partial charge in [0, 0.05) is 11.7 Å². The fourth-order valence-electron chi connectivity index (χ4n) is 1.99. The van der Waals surface area contributed by atoms with Crippen molar-refractivity contribution in [3.8, 4) is 0 Å². The highest BCUT2D eigenvalue weighted by Gasteiger charge is 2.21. The Bertz CT molecular complexity index is 618. The van der Waals surface area contributed by atoms with Crippen molar-refractivity contribution in [2.45, 2.75) is 32.2 Å². The van der Waals surface area contributed by atoms with Gasteiger partial charge in [0.1, 0.15) is 5.82 Å². The van der Waals surface area contributed by atoms with Crippen molar-refractivity contribution < 1.29 is 4.79 Å². The second kappa shape index (κ2) is 5.91. The zero-order valence-electron chi connectivity index (χ0n) is 12.0. The number of aryl methyl sites for hydroxylation is 1. The lowest BCUT2D eigenvalue weighted by Crippen LogP contribution is -2.15. The molecule has 1 fully saturated rings. The molecule has 1 aliphatic rings. The minimum Gasteiger partial charge on any atom is -0.366 e. The van der Waals surface area contributed by atoms with Gasteiger partial charge in [-0.1, -0.05) is 19.1 Å². The Morgan fingerprint density at radius 1 is 1.14 bits per heavy atom. The van der Waals surface area contributed by atoms with Crippen LogP contribution in [-0.2, 0) is 6.42 Å². The third-order valence-electron chi connectivity index (χ3n) is 3.45. The van der Waals surface area contributed by atoms with Crippen molar-refractivity contribution in [1.82, 2.24) is 10.2 Å². The summed E-state index contributed by atoms with van der Waals surface area (Å²) in [7, 11) is 0. The van der Waals surface area contributed by atoms with E-state index >= 15 is 0 Å². The third kappa shape index (κ3) is 3.56. The maximum Gasteiger partial charge on any atom is 0.276 e. The predicted octanol–water partition coefficient (Wildman–Crippen LogP) is 2.87. The average molecular weight is 282 g/mol. The lowest BCUT2D eigenvalue weighted by atomic mass is 10.1. The molecule has 1 saturated carbocycles. The normalized spacial score (nSPS) is 13.8. The van der Waals surface area contributed by atoms with Crippen LogP contribution in [-0.4, -0.2) is 22.1 Å². The van der Waals surface area contributed by atoms with Gasteiger partial charge in [0.2, 0.25) is 0 Å². The second-order valence-electron chi connectivity index (χ2n) is 5.23. The molecule has 0 spiro atoms. The number of rotatable bonds is 5. The molecule has 0 bridgehead atoms. The summed E-state index contributed by atoms with van der Waals surface area (Å²) in [6, 6.07) is 11.8. The summed E-state index contributed by atoms with van der Waals surface area (Å²) < 4.78 is 0. The monoisotopic (exact) mass is 282 g/mol. The quantitative estimate of drug-likeness (QED) is 0.885. The zero-order chi connectivity index (χ0) is 14.7. The summed E-state index contributed by atoms with van der Waals surface area (Å²) in [5.74, 6) is 0.478. The molecular formula is C16H18N4O. The molecular weight excluding hydrogens is 264 g/mol. The average Bonchev–Trinajstić information content (AvgIpc) is 3.33. The Balaban J connectivity index is 1.63. The fourth-order valence-corrected chi connectivity index (χ4v) is 1.99. The number of carbonyl (C=O) groups is 1. The molecule has 21 heavy (non-hydrogen) atoms. The van der Waals surface area contributed by atoms with Crippen molar-refractivity contribution in [3.05, 3.63) is 47.7 Å². The molecule has 0 atom stereocenters. The van der Waals surface area contributed by atoms with E-state index in [0.29, 0.717) is 11.7 Å². The van der Waals surface area contributed by atoms with E-state index in [1.807, 2.05) is 24.3 Å². The highest BCUT2D eigenvalue weighted by Crippen LogP contribution is 2.23. The SMILES string of the molecule is CCc1ccc(NC(=O)c2ccc(NC3CC3)nn2)cc1. The maximum absolute atomic E-state index is 12.1. The first-order chi connectivity index (χ1) is 10.2. The van der Waals surface area contributed by atoms with Crippen LogP contribution in [0.15, 0.2) is 36.4 Å². The van der Waals surface area contributed by atoms with Gasteiger partial charge in [-0.2, -0.15) is 0 Å². The van der Waals surface area contributed by atoms with Gasteiger partial charge in [-0.15, -0.1) is 10.2 Å². The van der Waals surface area contributed by atoms with Crippen molar-refractivity contribution >= 4 is 17.4 Å². The molecule has 108 valence electrons. The Kier molecular flexibility index (Phi) is 3.81. The molecule has 0 aliphatic heterocycles. The van der Waals surface area contributed by atoms with Crippen molar-refractivity contribution in [1.29, 1.82) is 0 Å². The van der Waals surface area contributed by atoms with Gasteiger partial charge >= 0.3 is 0 Å². The Morgan fingerprint density at radius 3 is 2.48 bits per heavy atom. The summed E-state index contributed by atoms with van der Waals surface area (Å²) in [6.45, 7) is 2.10. The highest BCUT2D eigenvalue weighted by atomic mass is 16.1. The van der Waals surface area contributed by atoms with E-state index in [9.17, 15) is 4.79 Å². The summed E-state index contributed by atoms with van der Waals surface area (Å²) >= 11 is 0. The van der Waals surface area contributed by atoms with Crippen LogP contribution in [0.4, 0.5) is 11.5 Å². The summed E-state index contributed by atoms with van der Waals surface area (Å²) in [6.07, 6.45) is 3.34. The van der Waals surface area contributed by atoms with E-state index in [-0.39, 0.29) is 5.91 Å². The molecule has 2 aromatic rings. The Labute approximate surface area is 123 Å². The number of nitrogens with zero attached hydrogens (tertiary/aromatic N) is 2. The molecule has 1 aromatic heterocycles. The summed E-state index contributed by atoms with van der Waals surface area (Å²) in [4.78, 5) is 12.1. The third-order valence-corrected chi connectivity index (χ3v) is 3.45. The maximum atomic E-state index is 12.1. The van der Waals surface area contributed by atoms with Crippen LogP contribution < -0.4 is 10.6 Å². The van der Waals surface area contributed by atoms with Gasteiger partial charge in [0.25, 0.3) is 5.91 Å². The van der Waals surface area contributed by atoms with Crippen LogP contribution in [0, 0.1) is 0 Å². The molecule has 0 unspecified atom stereocenters. The molecule has 5 nitrogen and oxygen atoms in total. The number of carbonyl (C=O) groups excluding carboxylic acids is 1. The van der Waals surface area contributed by atoms with Crippen molar-refractivity contribution in [2.24, 2.45) is 0 Å². The first-order valence-electron chi connectivity index (χ1n) is 7.25. The highest BCUT2D eigenvalue weighted by molar-refractivity contribution is 6.02. The van der Waals surface area contributed by atoms with E-state index < -0.39 is 0 Å². The van der Waals surface area contributed by atoms with Gasteiger partial charge in [0.05, 0.1) is 0 Å². The summed E-state index contributed by atoms with van der Waals surface area (Å²) in [5, 5.41) is 14.1. The van der Waals surface area contributed by atoms with Crippen LogP contribution in [0.3, 0.4) is 0 Å². The standard InChI is InChI=1S/C16H18N4O/c1-2-11-3-5-13(6-4-11)18-16(21)14-9-10-15(20-19-14)17-12-7-8-12/h3-6,9-10,12H,2,7-8H2,1H3,(H,17,20)(H,18,21). The van der Waals surface area contributed by atoms with E-state index in [1.165, 1.54) is 18.4 Å². The molecule has 0 saturated heterocycles. The number of nitrogens with one attached hydrogen (secondary N) is 2. The molecule has 1 aliphatic carbocycles. The molecule has 3 rings (SSSR count). The number of aromatic nitrogens is 2. The lowest BCUT2D eigenvalue weighted by Gasteiger charge is -2.06. The number of benzene rings is 1. The Hall–Kier alpha value is -2.43. The minimum absolute atomic E-state index is 0.246. The van der Waals surface area contributed by atoms with E-state index in [0.717, 1.165) is 17.9 Å². The van der Waals surface area contributed by atoms with Crippen molar-refractivity contribution in [3.63, 3.8) is 0 Å². The number of hydrogen-bond donors (Lipinski definition) is 2. The second-order valence-corrected chi connectivity index (χ2v) is 5.23. The van der Waals surface area contributed by atoms with Crippen molar-refractivity contribution in [2.75, 3.05) is 10.6 Å². The van der Waals surface area contributed by atoms with E-state index in [1.54, 1.807) is 12.1 Å². The van der Waals surface area contributed by atoms with Gasteiger partial charge in [0.15, 0.2) is 5.69 Å². The largest absolute Gasteiger partial charge is 0.366 e. The van der Waals surface area contributed by atoms with Crippen LogP contribution in [0.1, 0.15) is 35.8 Å². The Morgan fingerprint density at radius 2 is 1.90 bits per heavy atom. The topological polar surface area (TPSA) is 66.9 Å². The summed E-state index contributed by atoms with van der Waals surface area (Å²) in [5.41, 5.74) is 2.32. The smallest absolute Gasteiger partial charge is 0.276 e. The lowest BCUT2D eigenvalue weighted by molar-refractivity contribution is 0.102. The molecule has 2 N–H and O–H groups in total. The van der Waals surface area contributed by atoms with Crippen LogP contribution in [0.25, 0.3) is 0 Å². The minimum atomic E-state index is -0.246. The number of hydrogen-bond acceptors (Lipinski definition) is 4. The fraction of sp³-hybridized carbons (Fsp3) is 0.312. The number of anilines is 2. The molecule has 1 heterocycles. The number of amides is 1. The first-order valence-corrected chi connectivity index (χ1v) is 7.25. The first kappa shape index (κ1) is 13.5. The zero-order valence-corrected chi connectivity index (χ0v) is 12.0. The molecule has 1 amide bonds. The van der Waals surface area contributed by atoms with E-state index in [2.05, 4.69) is 27.8 Å². The van der Waals surface area contributed by atoms with Crippen LogP contribution in [0.5, 0.6) is 0 Å². The van der Waals surface area contributed by atoms with Crippen LogP contribution >= 0.6 is 0 Å². The molecule has 5 heteroatoms.